The minimum absolute atomic E-state index is 0.0551. The molecule has 3 rings (SSSR count). The normalized spacial score (nSPS) is 10.3. The number of aromatic carboxylic acids is 3. The Kier molecular flexibility index (Phi) is 7.92. The van der Waals surface area contributed by atoms with Gasteiger partial charge in [0.1, 0.15) is 11.3 Å². The van der Waals surface area contributed by atoms with Gasteiger partial charge in [-0.3, -0.25) is 9.59 Å². The Hall–Kier alpha value is -4.84. The van der Waals surface area contributed by atoms with Crippen molar-refractivity contribution < 1.29 is 44.4 Å². The molecule has 0 aliphatic rings. The lowest BCUT2D eigenvalue weighted by Gasteiger charge is -2.10. The van der Waals surface area contributed by atoms with Crippen LogP contribution in [0.5, 0.6) is 5.75 Å². The fraction of sp³-hybridized carbons (Fsp3) is 0.0417. The van der Waals surface area contributed by atoms with Crippen LogP contribution in [0.3, 0.4) is 0 Å². The van der Waals surface area contributed by atoms with E-state index in [2.05, 4.69) is 10.6 Å². The second-order valence-electron chi connectivity index (χ2n) is 7.23. The molecule has 6 N–H and O–H groups in total. The summed E-state index contributed by atoms with van der Waals surface area (Å²) >= 11 is 1.12. The van der Waals surface area contributed by atoms with Crippen LogP contribution in [-0.4, -0.2) is 55.9 Å². The zero-order chi connectivity index (χ0) is 26.4. The zero-order valence-electron chi connectivity index (χ0n) is 18.2. The standard InChI is InChI=1S/C24H18N2O9S/c27-19-7-5-14(10-18(19)24(34)35)25-20(28)11-36-15-3-1-2-13(9-15)26-21(29)16-6-4-12(22(30)31)8-17(16)23(32)33/h1-10,27H,11H2,(H,25,28)(H,26,29)(H,30,31)(H,32,33)(H,34,35). The second-order valence-corrected chi connectivity index (χ2v) is 8.28. The van der Waals surface area contributed by atoms with E-state index in [9.17, 15) is 34.2 Å². The van der Waals surface area contributed by atoms with Gasteiger partial charge in [-0.1, -0.05) is 6.07 Å². The fourth-order valence-corrected chi connectivity index (χ4v) is 3.80. The summed E-state index contributed by atoms with van der Waals surface area (Å²) in [4.78, 5) is 59.2. The van der Waals surface area contributed by atoms with E-state index in [1.807, 2.05) is 0 Å². The highest BCUT2D eigenvalue weighted by Crippen LogP contribution is 2.24. The van der Waals surface area contributed by atoms with E-state index in [1.54, 1.807) is 24.3 Å². The third-order valence-corrected chi connectivity index (χ3v) is 5.71. The molecule has 0 saturated heterocycles. The molecule has 12 heteroatoms. The molecule has 3 aromatic rings. The highest BCUT2D eigenvalue weighted by Gasteiger charge is 2.19. The van der Waals surface area contributed by atoms with Gasteiger partial charge in [-0.15, -0.1) is 11.8 Å². The number of aromatic hydroxyl groups is 1. The molecule has 0 aliphatic carbocycles. The summed E-state index contributed by atoms with van der Waals surface area (Å²) in [7, 11) is 0. The summed E-state index contributed by atoms with van der Waals surface area (Å²) < 4.78 is 0. The predicted molar refractivity (Wildman–Crippen MR) is 129 cm³/mol. The average molecular weight is 510 g/mol. The molecule has 36 heavy (non-hydrogen) atoms. The summed E-state index contributed by atoms with van der Waals surface area (Å²) in [5.41, 5.74) is -0.803. The van der Waals surface area contributed by atoms with Crippen molar-refractivity contribution in [1.29, 1.82) is 0 Å². The third-order valence-electron chi connectivity index (χ3n) is 4.71. The molecule has 0 saturated carbocycles. The fourth-order valence-electron chi connectivity index (χ4n) is 3.05. The van der Waals surface area contributed by atoms with Gasteiger partial charge in [0, 0.05) is 16.3 Å². The van der Waals surface area contributed by atoms with Crippen LogP contribution in [0.25, 0.3) is 0 Å². The SMILES string of the molecule is O=C(CSc1cccc(NC(=O)c2ccc(C(=O)O)cc2C(=O)O)c1)Nc1ccc(O)c(C(=O)O)c1. The number of amides is 2. The highest BCUT2D eigenvalue weighted by atomic mass is 32.2. The molecule has 0 aromatic heterocycles. The van der Waals surface area contributed by atoms with Gasteiger partial charge in [-0.25, -0.2) is 14.4 Å². The van der Waals surface area contributed by atoms with Crippen molar-refractivity contribution in [3.05, 3.63) is 82.9 Å². The van der Waals surface area contributed by atoms with E-state index in [0.29, 0.717) is 10.6 Å². The Labute approximate surface area is 207 Å². The molecule has 3 aromatic carbocycles. The predicted octanol–water partition coefficient (Wildman–Crippen LogP) is 3.47. The monoisotopic (exact) mass is 510 g/mol. The van der Waals surface area contributed by atoms with Gasteiger partial charge in [-0.2, -0.15) is 0 Å². The number of thioether (sulfide) groups is 1. The minimum atomic E-state index is -1.46. The number of benzene rings is 3. The number of hydrogen-bond acceptors (Lipinski definition) is 7. The quantitative estimate of drug-likeness (QED) is 0.183. The number of carboxylic acids is 3. The number of carbonyl (C=O) groups excluding carboxylic acids is 2. The Morgan fingerprint density at radius 2 is 1.39 bits per heavy atom. The van der Waals surface area contributed by atoms with Crippen molar-refractivity contribution in [2.75, 3.05) is 16.4 Å². The molecule has 0 atom stereocenters. The van der Waals surface area contributed by atoms with Gasteiger partial charge >= 0.3 is 17.9 Å². The lowest BCUT2D eigenvalue weighted by atomic mass is 10.0. The number of carbonyl (C=O) groups is 5. The first-order valence-corrected chi connectivity index (χ1v) is 11.0. The summed E-state index contributed by atoms with van der Waals surface area (Å²) in [6.07, 6.45) is 0. The molecule has 11 nitrogen and oxygen atoms in total. The first kappa shape index (κ1) is 25.8. The van der Waals surface area contributed by atoms with Gasteiger partial charge < -0.3 is 31.1 Å². The molecule has 0 heterocycles. The van der Waals surface area contributed by atoms with E-state index in [1.165, 1.54) is 6.07 Å². The number of phenols is 1. The number of anilines is 2. The van der Waals surface area contributed by atoms with Crippen molar-refractivity contribution in [2.45, 2.75) is 4.90 Å². The first-order chi connectivity index (χ1) is 17.0. The second kappa shape index (κ2) is 11.1. The maximum Gasteiger partial charge on any atom is 0.339 e. The number of carboxylic acid groups (broad SMARTS) is 3. The van der Waals surface area contributed by atoms with Crippen molar-refractivity contribution in [2.24, 2.45) is 0 Å². The van der Waals surface area contributed by atoms with Crippen LogP contribution in [0.4, 0.5) is 11.4 Å². The van der Waals surface area contributed by atoms with Crippen LogP contribution in [0.2, 0.25) is 0 Å². The molecule has 0 fully saturated rings. The van der Waals surface area contributed by atoms with E-state index >= 15 is 0 Å². The van der Waals surface area contributed by atoms with E-state index < -0.39 is 41.0 Å². The third kappa shape index (κ3) is 6.39. The van der Waals surface area contributed by atoms with Gasteiger partial charge in [0.25, 0.3) is 5.91 Å². The van der Waals surface area contributed by atoms with Crippen molar-refractivity contribution in [1.82, 2.24) is 0 Å². The van der Waals surface area contributed by atoms with Crippen molar-refractivity contribution in [3.8, 4) is 5.75 Å². The van der Waals surface area contributed by atoms with E-state index in [4.69, 9.17) is 10.2 Å². The highest BCUT2D eigenvalue weighted by molar-refractivity contribution is 8.00. The molecule has 0 spiro atoms. The maximum absolute atomic E-state index is 12.6. The molecule has 0 radical (unpaired) electrons. The van der Waals surface area contributed by atoms with Crippen molar-refractivity contribution >= 4 is 52.9 Å². The minimum Gasteiger partial charge on any atom is -0.507 e. The zero-order valence-corrected chi connectivity index (χ0v) is 19.0. The lowest BCUT2D eigenvalue weighted by molar-refractivity contribution is -0.113. The smallest absolute Gasteiger partial charge is 0.339 e. The summed E-state index contributed by atoms with van der Waals surface area (Å²) in [6, 6.07) is 13.2. The summed E-state index contributed by atoms with van der Waals surface area (Å²) in [5.74, 6) is -5.81. The van der Waals surface area contributed by atoms with Crippen molar-refractivity contribution in [3.63, 3.8) is 0 Å². The molecule has 0 bridgehead atoms. The Morgan fingerprint density at radius 3 is 2.06 bits per heavy atom. The van der Waals surface area contributed by atoms with Gasteiger partial charge in [0.05, 0.1) is 22.4 Å². The molecular weight excluding hydrogens is 492 g/mol. The summed E-state index contributed by atoms with van der Waals surface area (Å²) in [6.45, 7) is 0. The Morgan fingerprint density at radius 1 is 0.694 bits per heavy atom. The van der Waals surface area contributed by atoms with Gasteiger partial charge in [-0.05, 0) is 54.6 Å². The average Bonchev–Trinajstić information content (AvgIpc) is 2.83. The number of rotatable bonds is 9. The first-order valence-electron chi connectivity index (χ1n) is 10.1. The topological polar surface area (TPSA) is 190 Å². The lowest BCUT2D eigenvalue weighted by Crippen LogP contribution is -2.17. The largest absolute Gasteiger partial charge is 0.507 e. The molecule has 0 unspecified atom stereocenters. The van der Waals surface area contributed by atoms with Crippen LogP contribution >= 0.6 is 11.8 Å². The van der Waals surface area contributed by atoms with E-state index in [0.717, 1.165) is 42.1 Å². The van der Waals surface area contributed by atoms with Gasteiger partial charge in [0.2, 0.25) is 5.91 Å². The molecule has 2 amide bonds. The molecule has 0 aliphatic heterocycles. The van der Waals surface area contributed by atoms with Crippen LogP contribution in [0, 0.1) is 0 Å². The van der Waals surface area contributed by atoms with E-state index in [-0.39, 0.29) is 28.1 Å². The van der Waals surface area contributed by atoms with Crippen LogP contribution < -0.4 is 10.6 Å². The maximum atomic E-state index is 12.6. The van der Waals surface area contributed by atoms with Crippen LogP contribution in [0.1, 0.15) is 41.4 Å². The van der Waals surface area contributed by atoms with Crippen LogP contribution in [-0.2, 0) is 4.79 Å². The van der Waals surface area contributed by atoms with Crippen LogP contribution in [0.15, 0.2) is 65.6 Å². The number of nitrogens with one attached hydrogen (secondary N) is 2. The number of hydrogen-bond donors (Lipinski definition) is 6. The molecule has 184 valence electrons. The Balaban J connectivity index is 1.66. The Bertz CT molecular complexity index is 1390. The van der Waals surface area contributed by atoms with Gasteiger partial charge in [0.15, 0.2) is 0 Å². The summed E-state index contributed by atoms with van der Waals surface area (Å²) in [5, 5.41) is 42.1. The molecular formula is C24H18N2O9S.